The summed E-state index contributed by atoms with van der Waals surface area (Å²) in [6.45, 7) is 1.80. The van der Waals surface area contributed by atoms with Crippen LogP contribution in [0.3, 0.4) is 0 Å². The monoisotopic (exact) mass is 244 g/mol. The van der Waals surface area contributed by atoms with Gasteiger partial charge in [0, 0.05) is 0 Å². The molecular weight excluding hydrogens is 231 g/mol. The molecule has 0 aliphatic rings. The van der Waals surface area contributed by atoms with Gasteiger partial charge in [-0.2, -0.15) is 0 Å². The van der Waals surface area contributed by atoms with Crippen molar-refractivity contribution in [3.8, 4) is 0 Å². The van der Waals surface area contributed by atoms with Crippen LogP contribution < -0.4 is 0 Å². The molecule has 0 unspecified atom stereocenters. The molecular formula is C10H12O2Se. The van der Waals surface area contributed by atoms with Gasteiger partial charge < -0.3 is 0 Å². The zero-order chi connectivity index (χ0) is 9.68. The molecule has 0 aromatic heterocycles. The molecule has 0 atom stereocenters. The third kappa shape index (κ3) is 3.21. The fourth-order valence-corrected chi connectivity index (χ4v) is 1.68. The Morgan fingerprint density at radius 2 is 2.00 bits per heavy atom. The van der Waals surface area contributed by atoms with Gasteiger partial charge >= 0.3 is 85.8 Å². The summed E-state index contributed by atoms with van der Waals surface area (Å²) < 4.78 is 4.92. The summed E-state index contributed by atoms with van der Waals surface area (Å²) in [5, 5.41) is 0.907. The molecule has 0 aliphatic carbocycles. The Morgan fingerprint density at radius 1 is 1.38 bits per heavy atom. The van der Waals surface area contributed by atoms with Gasteiger partial charge in [-0.1, -0.05) is 0 Å². The molecule has 0 aliphatic heterocycles. The number of esters is 1. The van der Waals surface area contributed by atoms with Crippen molar-refractivity contribution in [1.82, 2.24) is 0 Å². The molecule has 2 nitrogen and oxygen atoms in total. The molecule has 0 bridgehead atoms. The second-order valence-corrected chi connectivity index (χ2v) is 3.37. The summed E-state index contributed by atoms with van der Waals surface area (Å²) in [6.07, 6.45) is 0. The van der Waals surface area contributed by atoms with E-state index in [1.54, 1.807) is 0 Å². The molecule has 0 N–H and O–H groups in total. The fraction of sp³-hybridized carbons (Fsp3) is 0.300. The molecule has 1 aromatic carbocycles. The van der Waals surface area contributed by atoms with E-state index in [1.807, 2.05) is 24.3 Å². The Hall–Kier alpha value is -0.791. The van der Waals surface area contributed by atoms with Crippen LogP contribution in [0.15, 0.2) is 24.3 Å². The van der Waals surface area contributed by atoms with E-state index < -0.39 is 0 Å². The first-order valence-corrected chi connectivity index (χ1v) is 5.37. The molecule has 0 saturated heterocycles. The van der Waals surface area contributed by atoms with Crippen molar-refractivity contribution in [3.05, 3.63) is 35.4 Å². The molecule has 3 heteroatoms. The van der Waals surface area contributed by atoms with Crippen molar-refractivity contribution < 1.29 is 9.53 Å². The first-order valence-electron chi connectivity index (χ1n) is 4.05. The molecule has 0 amide bonds. The SMILES string of the molecule is CC(=O)OCc1ccccc1C[SeH]. The molecule has 1 aromatic rings. The number of rotatable bonds is 3. The topological polar surface area (TPSA) is 26.3 Å². The zero-order valence-electron chi connectivity index (χ0n) is 7.49. The first kappa shape index (κ1) is 10.3. The Labute approximate surface area is 86.1 Å². The maximum absolute atomic E-state index is 10.6. The normalized spacial score (nSPS) is 9.69. The predicted molar refractivity (Wildman–Crippen MR) is 52.8 cm³/mol. The minimum atomic E-state index is -0.236. The molecule has 1 rings (SSSR count). The van der Waals surface area contributed by atoms with Crippen molar-refractivity contribution >= 4 is 22.0 Å². The Bertz CT molecular complexity index is 297. The molecule has 0 heterocycles. The summed E-state index contributed by atoms with van der Waals surface area (Å²) in [4.78, 5) is 10.6. The second kappa shape index (κ2) is 5.05. The van der Waals surface area contributed by atoms with Crippen LogP contribution in [0.1, 0.15) is 18.1 Å². The molecule has 13 heavy (non-hydrogen) atoms. The van der Waals surface area contributed by atoms with Crippen molar-refractivity contribution in [2.45, 2.75) is 18.8 Å². The van der Waals surface area contributed by atoms with E-state index in [-0.39, 0.29) is 5.97 Å². The predicted octanol–water partition coefficient (Wildman–Crippen LogP) is 1.15. The Balaban J connectivity index is 2.69. The van der Waals surface area contributed by atoms with E-state index in [2.05, 4.69) is 16.0 Å². The number of benzene rings is 1. The summed E-state index contributed by atoms with van der Waals surface area (Å²) in [7, 11) is 0. The van der Waals surface area contributed by atoms with Gasteiger partial charge in [0.2, 0.25) is 0 Å². The van der Waals surface area contributed by atoms with E-state index in [9.17, 15) is 4.79 Å². The van der Waals surface area contributed by atoms with Crippen LogP contribution in [0.4, 0.5) is 0 Å². The molecule has 0 fully saturated rings. The van der Waals surface area contributed by atoms with Gasteiger partial charge in [0.05, 0.1) is 0 Å². The average molecular weight is 243 g/mol. The van der Waals surface area contributed by atoms with E-state index in [4.69, 9.17) is 4.74 Å². The molecule has 0 spiro atoms. The van der Waals surface area contributed by atoms with Crippen molar-refractivity contribution in [2.75, 3.05) is 0 Å². The molecule has 0 saturated carbocycles. The number of carbonyl (C=O) groups is 1. The average Bonchev–Trinajstić information content (AvgIpc) is 2.15. The van der Waals surface area contributed by atoms with Crippen LogP contribution in [0.2, 0.25) is 0 Å². The van der Waals surface area contributed by atoms with Crippen LogP contribution in [0, 0.1) is 0 Å². The molecule has 70 valence electrons. The third-order valence-corrected chi connectivity index (χ3v) is 2.43. The van der Waals surface area contributed by atoms with Gasteiger partial charge in [-0.25, -0.2) is 0 Å². The summed E-state index contributed by atoms with van der Waals surface area (Å²) in [5.74, 6) is -0.236. The van der Waals surface area contributed by atoms with Crippen LogP contribution in [-0.4, -0.2) is 22.0 Å². The van der Waals surface area contributed by atoms with Gasteiger partial charge in [-0.05, 0) is 0 Å². The van der Waals surface area contributed by atoms with E-state index >= 15 is 0 Å². The fourth-order valence-electron chi connectivity index (χ4n) is 1.03. The van der Waals surface area contributed by atoms with Crippen LogP contribution in [0.5, 0.6) is 0 Å². The van der Waals surface area contributed by atoms with Crippen molar-refractivity contribution in [1.29, 1.82) is 0 Å². The number of ether oxygens (including phenoxy) is 1. The van der Waals surface area contributed by atoms with Crippen molar-refractivity contribution in [2.24, 2.45) is 0 Å². The maximum atomic E-state index is 10.6. The zero-order valence-corrected chi connectivity index (χ0v) is 9.36. The van der Waals surface area contributed by atoms with Gasteiger partial charge in [-0.3, -0.25) is 0 Å². The number of carbonyl (C=O) groups excluding carboxylic acids is 1. The van der Waals surface area contributed by atoms with Gasteiger partial charge in [0.25, 0.3) is 0 Å². The number of hydrogen-bond donors (Lipinski definition) is 0. The summed E-state index contributed by atoms with van der Waals surface area (Å²) in [5.41, 5.74) is 2.29. The third-order valence-electron chi connectivity index (χ3n) is 1.72. The standard InChI is InChI=1S/C10H12O2Se/c1-8(11)12-6-9-4-2-3-5-10(9)7-13/h2-5,13H,6-7H2,1H3. The minimum absolute atomic E-state index is 0.236. The quantitative estimate of drug-likeness (QED) is 0.588. The van der Waals surface area contributed by atoms with Gasteiger partial charge in [0.15, 0.2) is 0 Å². The van der Waals surface area contributed by atoms with Crippen LogP contribution >= 0.6 is 0 Å². The van der Waals surface area contributed by atoms with E-state index in [0.717, 1.165) is 10.9 Å². The second-order valence-electron chi connectivity index (χ2n) is 2.71. The Morgan fingerprint density at radius 3 is 2.54 bits per heavy atom. The Kier molecular flexibility index (Phi) is 4.00. The summed E-state index contributed by atoms with van der Waals surface area (Å²) >= 11 is 2.52. The van der Waals surface area contributed by atoms with Crippen molar-refractivity contribution in [3.63, 3.8) is 0 Å². The first-order chi connectivity index (χ1) is 6.24. The van der Waals surface area contributed by atoms with Crippen LogP contribution in [-0.2, 0) is 21.5 Å². The van der Waals surface area contributed by atoms with Gasteiger partial charge in [-0.15, -0.1) is 0 Å². The number of hydrogen-bond acceptors (Lipinski definition) is 2. The van der Waals surface area contributed by atoms with E-state index in [1.165, 1.54) is 12.5 Å². The summed E-state index contributed by atoms with van der Waals surface area (Å²) in [6, 6.07) is 7.95. The van der Waals surface area contributed by atoms with Crippen LogP contribution in [0.25, 0.3) is 0 Å². The van der Waals surface area contributed by atoms with Gasteiger partial charge in [0.1, 0.15) is 0 Å². The molecule has 0 radical (unpaired) electrons. The van der Waals surface area contributed by atoms with E-state index in [0.29, 0.717) is 6.61 Å².